The highest BCUT2D eigenvalue weighted by molar-refractivity contribution is 7.96. The van der Waals surface area contributed by atoms with Crippen LogP contribution in [0.5, 0.6) is 28.7 Å². The van der Waals surface area contributed by atoms with Gasteiger partial charge in [0.2, 0.25) is 18.2 Å². The summed E-state index contributed by atoms with van der Waals surface area (Å²) >= 11 is 0. The Balaban J connectivity index is 2.27. The molecule has 1 aliphatic rings. The predicted octanol–water partition coefficient (Wildman–Crippen LogP) is 5.02. The van der Waals surface area contributed by atoms with Gasteiger partial charge in [-0.3, -0.25) is 9.59 Å². The third-order valence-corrected chi connectivity index (χ3v) is 9.21. The standard InChI is InChI=1S/C24H29O8P/c1-28-15-13-19(31-4)22(20(14-15)32-5)24(26)33(27,16-9-6-7-10-16)23(25)21-17(29-2)11-8-12-18(21)30-3/h8,11-14,16H,6-7,9-10H2,1-5H3. The summed E-state index contributed by atoms with van der Waals surface area (Å²) in [5, 5.41) is 0. The van der Waals surface area contributed by atoms with E-state index in [1.54, 1.807) is 18.2 Å². The first kappa shape index (κ1) is 24.6. The number of ether oxygens (including phenoxy) is 5. The molecule has 9 heteroatoms. The second-order valence-corrected chi connectivity index (χ2v) is 10.5. The first-order valence-electron chi connectivity index (χ1n) is 10.6. The van der Waals surface area contributed by atoms with Crippen LogP contribution in [0.25, 0.3) is 0 Å². The van der Waals surface area contributed by atoms with Gasteiger partial charge in [0.25, 0.3) is 0 Å². The maximum absolute atomic E-state index is 14.7. The zero-order chi connectivity index (χ0) is 24.2. The zero-order valence-electron chi connectivity index (χ0n) is 19.5. The van der Waals surface area contributed by atoms with Crippen molar-refractivity contribution in [1.82, 2.24) is 0 Å². The Bertz CT molecular complexity index is 1040. The van der Waals surface area contributed by atoms with Crippen molar-refractivity contribution in [3.8, 4) is 28.7 Å². The minimum absolute atomic E-state index is 0.00229. The average molecular weight is 476 g/mol. The van der Waals surface area contributed by atoms with Crippen molar-refractivity contribution in [2.75, 3.05) is 35.5 Å². The molecule has 0 bridgehead atoms. The Kier molecular flexibility index (Phi) is 7.69. The van der Waals surface area contributed by atoms with Gasteiger partial charge in [-0.1, -0.05) is 18.9 Å². The minimum atomic E-state index is -4.22. The Morgan fingerprint density at radius 1 is 0.727 bits per heavy atom. The van der Waals surface area contributed by atoms with Crippen LogP contribution in [0.2, 0.25) is 0 Å². The third-order valence-electron chi connectivity index (χ3n) is 6.01. The highest BCUT2D eigenvalue weighted by Crippen LogP contribution is 2.63. The molecule has 0 spiro atoms. The van der Waals surface area contributed by atoms with Crippen LogP contribution >= 0.6 is 7.14 Å². The first-order valence-corrected chi connectivity index (χ1v) is 12.3. The Labute approximate surface area is 193 Å². The summed E-state index contributed by atoms with van der Waals surface area (Å²) in [6.07, 6.45) is 2.59. The SMILES string of the molecule is COc1cc(OC)c(C(=O)P(=O)(C(=O)c2c(OC)cccc2OC)C2CCCC2)c(OC)c1. The van der Waals surface area contributed by atoms with Gasteiger partial charge in [0.1, 0.15) is 39.9 Å². The summed E-state index contributed by atoms with van der Waals surface area (Å²) in [5.74, 6) is 1.02. The second kappa shape index (κ2) is 10.3. The summed E-state index contributed by atoms with van der Waals surface area (Å²) < 4.78 is 41.5. The number of methoxy groups -OCH3 is 5. The summed E-state index contributed by atoms with van der Waals surface area (Å²) in [7, 11) is 2.84. The van der Waals surface area contributed by atoms with Gasteiger partial charge in [-0.15, -0.1) is 0 Å². The normalized spacial score (nSPS) is 15.4. The smallest absolute Gasteiger partial charge is 0.236 e. The van der Waals surface area contributed by atoms with E-state index in [1.807, 2.05) is 0 Å². The molecule has 0 amide bonds. The lowest BCUT2D eigenvalue weighted by Gasteiger charge is -2.25. The fourth-order valence-electron chi connectivity index (χ4n) is 4.30. The van der Waals surface area contributed by atoms with Gasteiger partial charge in [0.15, 0.2) is 0 Å². The fourth-order valence-corrected chi connectivity index (χ4v) is 7.35. The molecule has 2 aromatic rings. The molecule has 0 saturated heterocycles. The van der Waals surface area contributed by atoms with E-state index < -0.39 is 23.8 Å². The molecule has 1 unspecified atom stereocenters. The van der Waals surface area contributed by atoms with Crippen LogP contribution in [-0.2, 0) is 4.57 Å². The van der Waals surface area contributed by atoms with Crippen LogP contribution in [0.4, 0.5) is 0 Å². The van der Waals surface area contributed by atoms with Crippen LogP contribution in [-0.4, -0.2) is 52.3 Å². The lowest BCUT2D eigenvalue weighted by molar-refractivity contribution is 0.103. The number of carbonyl (C=O) groups is 2. The molecule has 8 nitrogen and oxygen atoms in total. The molecule has 1 atom stereocenters. The van der Waals surface area contributed by atoms with Gasteiger partial charge < -0.3 is 28.2 Å². The largest absolute Gasteiger partial charge is 0.496 e. The highest BCUT2D eigenvalue weighted by atomic mass is 31.2. The number of carbonyl (C=O) groups excluding carboxylic acids is 2. The van der Waals surface area contributed by atoms with Crippen LogP contribution in [0.1, 0.15) is 46.4 Å². The number of benzene rings is 2. The van der Waals surface area contributed by atoms with Crippen LogP contribution in [0.15, 0.2) is 30.3 Å². The molecular weight excluding hydrogens is 447 g/mol. The van der Waals surface area contributed by atoms with Gasteiger partial charge in [0.05, 0.1) is 35.5 Å². The molecule has 33 heavy (non-hydrogen) atoms. The van der Waals surface area contributed by atoms with Crippen molar-refractivity contribution < 1.29 is 37.8 Å². The quantitative estimate of drug-likeness (QED) is 0.441. The molecule has 178 valence electrons. The molecule has 1 fully saturated rings. The fraction of sp³-hybridized carbons (Fsp3) is 0.417. The van der Waals surface area contributed by atoms with Gasteiger partial charge in [-0.05, 0) is 25.0 Å². The Hall–Kier alpha value is -2.99. The van der Waals surface area contributed by atoms with Gasteiger partial charge in [-0.2, -0.15) is 0 Å². The van der Waals surface area contributed by atoms with Gasteiger partial charge in [-0.25, -0.2) is 0 Å². The van der Waals surface area contributed by atoms with E-state index in [1.165, 1.54) is 47.7 Å². The molecule has 0 aliphatic heterocycles. The molecule has 0 N–H and O–H groups in total. The van der Waals surface area contributed by atoms with Crippen LogP contribution in [0.3, 0.4) is 0 Å². The molecule has 3 rings (SSSR count). The average Bonchev–Trinajstić information content (AvgIpc) is 3.41. The topological polar surface area (TPSA) is 97.4 Å². The monoisotopic (exact) mass is 476 g/mol. The predicted molar refractivity (Wildman–Crippen MR) is 124 cm³/mol. The number of hydrogen-bond donors (Lipinski definition) is 0. The Morgan fingerprint density at radius 3 is 1.55 bits per heavy atom. The Morgan fingerprint density at radius 2 is 1.15 bits per heavy atom. The number of rotatable bonds is 10. The lowest BCUT2D eigenvalue weighted by atomic mass is 10.2. The molecular formula is C24H29O8P. The molecule has 1 aliphatic carbocycles. The zero-order valence-corrected chi connectivity index (χ0v) is 20.4. The van der Waals surface area contributed by atoms with Crippen LogP contribution in [0, 0.1) is 0 Å². The summed E-state index contributed by atoms with van der Waals surface area (Å²) in [5.41, 5.74) is -2.23. The van der Waals surface area contributed by atoms with E-state index >= 15 is 0 Å². The summed E-state index contributed by atoms with van der Waals surface area (Å²) in [6, 6.07) is 7.82. The molecule has 0 aromatic heterocycles. The van der Waals surface area contributed by atoms with Crippen LogP contribution < -0.4 is 23.7 Å². The molecule has 2 aromatic carbocycles. The third kappa shape index (κ3) is 4.32. The van der Waals surface area contributed by atoms with Crippen molar-refractivity contribution in [3.63, 3.8) is 0 Å². The van der Waals surface area contributed by atoms with Gasteiger partial charge in [0, 0.05) is 17.8 Å². The van der Waals surface area contributed by atoms with Crippen molar-refractivity contribution in [2.45, 2.75) is 31.3 Å². The van der Waals surface area contributed by atoms with Crippen molar-refractivity contribution in [1.29, 1.82) is 0 Å². The minimum Gasteiger partial charge on any atom is -0.496 e. The maximum atomic E-state index is 14.7. The van der Waals surface area contributed by atoms with E-state index in [4.69, 9.17) is 23.7 Å². The highest BCUT2D eigenvalue weighted by Gasteiger charge is 2.51. The van der Waals surface area contributed by atoms with E-state index in [0.717, 1.165) is 12.8 Å². The van der Waals surface area contributed by atoms with E-state index in [2.05, 4.69) is 0 Å². The first-order chi connectivity index (χ1) is 15.9. The van der Waals surface area contributed by atoms with E-state index in [-0.39, 0.29) is 34.1 Å². The number of hydrogen-bond acceptors (Lipinski definition) is 8. The lowest BCUT2D eigenvalue weighted by Crippen LogP contribution is -2.21. The van der Waals surface area contributed by atoms with E-state index in [0.29, 0.717) is 18.6 Å². The molecule has 0 heterocycles. The van der Waals surface area contributed by atoms with Gasteiger partial charge >= 0.3 is 0 Å². The van der Waals surface area contributed by atoms with Crippen molar-refractivity contribution in [3.05, 3.63) is 41.5 Å². The molecule has 0 radical (unpaired) electrons. The maximum Gasteiger partial charge on any atom is 0.236 e. The molecule has 1 saturated carbocycles. The van der Waals surface area contributed by atoms with E-state index in [9.17, 15) is 14.2 Å². The van der Waals surface area contributed by atoms with Crippen molar-refractivity contribution in [2.24, 2.45) is 0 Å². The van der Waals surface area contributed by atoms with Crippen molar-refractivity contribution >= 4 is 18.2 Å². The summed E-state index contributed by atoms with van der Waals surface area (Å²) in [4.78, 5) is 28.1. The summed E-state index contributed by atoms with van der Waals surface area (Å²) in [6.45, 7) is 0. The second-order valence-electron chi connectivity index (χ2n) is 7.65.